The number of esters is 1. The molecule has 0 fully saturated rings. The Morgan fingerprint density at radius 1 is 0.865 bits per heavy atom. The second-order valence-corrected chi connectivity index (χ2v) is 11.9. The summed E-state index contributed by atoms with van der Waals surface area (Å²) in [7, 11) is 1.13. The number of nitro groups is 1. The van der Waals surface area contributed by atoms with Gasteiger partial charge in [0.05, 0.1) is 22.1 Å². The van der Waals surface area contributed by atoms with Gasteiger partial charge < -0.3 is 29.2 Å². The first kappa shape index (κ1) is 41.1. The lowest BCUT2D eigenvalue weighted by Crippen LogP contribution is -2.23. The van der Waals surface area contributed by atoms with Crippen molar-refractivity contribution in [2.45, 2.75) is 20.0 Å². The number of carboxylic acids is 2. The van der Waals surface area contributed by atoms with E-state index in [4.69, 9.17) is 70.8 Å². The van der Waals surface area contributed by atoms with Crippen molar-refractivity contribution in [1.82, 2.24) is 4.98 Å². The number of carbonyl (C=O) groups is 3. The number of aromatic nitrogens is 1. The van der Waals surface area contributed by atoms with Crippen molar-refractivity contribution in [2.24, 2.45) is 0 Å². The Morgan fingerprint density at radius 2 is 1.52 bits per heavy atom. The highest BCUT2D eigenvalue weighted by Crippen LogP contribution is 2.34. The van der Waals surface area contributed by atoms with Gasteiger partial charge in [0.1, 0.15) is 34.1 Å². The summed E-state index contributed by atoms with van der Waals surface area (Å²) in [5.74, 6) is -1.38. The zero-order valence-electron chi connectivity index (χ0n) is 27.3. The van der Waals surface area contributed by atoms with E-state index in [0.717, 1.165) is 24.1 Å². The van der Waals surface area contributed by atoms with Gasteiger partial charge in [0.15, 0.2) is 12.7 Å². The van der Waals surface area contributed by atoms with Crippen LogP contribution in [0.1, 0.15) is 22.8 Å². The van der Waals surface area contributed by atoms with Crippen LogP contribution in [0, 0.1) is 17.0 Å². The average molecular weight is 794 g/mol. The first-order chi connectivity index (χ1) is 24.6. The largest absolute Gasteiger partial charge is 0.480 e. The molecule has 0 saturated carbocycles. The summed E-state index contributed by atoms with van der Waals surface area (Å²) < 4.78 is 20.4. The second kappa shape index (κ2) is 19.3. The SMILES string of the molecule is COC(=O)c1cc(Oc2ccc(Cl)cc2Cl)ccc1[N+](=O)[O-].Cc1cc(Cl)ccc1OC(C)C(=O)O.O=C(O)COc1ccc(Cl)c2cccnc12. The van der Waals surface area contributed by atoms with Crippen molar-refractivity contribution < 1.29 is 48.5 Å². The highest BCUT2D eigenvalue weighted by atomic mass is 35.5. The number of benzene rings is 4. The fourth-order valence-corrected chi connectivity index (χ4v) is 4.94. The Balaban J connectivity index is 0.000000217. The first-order valence-corrected chi connectivity index (χ1v) is 16.2. The molecule has 0 amide bonds. The number of carboxylic acid groups (broad SMARTS) is 2. The van der Waals surface area contributed by atoms with Gasteiger partial charge in [0.2, 0.25) is 0 Å². The van der Waals surface area contributed by atoms with E-state index in [2.05, 4.69) is 9.72 Å². The lowest BCUT2D eigenvalue weighted by atomic mass is 10.1. The number of hydrogen-bond donors (Lipinski definition) is 2. The Labute approximate surface area is 316 Å². The van der Waals surface area contributed by atoms with Crippen molar-refractivity contribution in [3.63, 3.8) is 0 Å². The molecule has 5 aromatic rings. The van der Waals surface area contributed by atoms with E-state index in [-0.39, 0.29) is 22.0 Å². The number of fused-ring (bicyclic) bond motifs is 1. The number of nitrogens with zero attached hydrogens (tertiary/aromatic N) is 2. The van der Waals surface area contributed by atoms with Crippen molar-refractivity contribution in [3.05, 3.63) is 126 Å². The minimum atomic E-state index is -1.03. The molecule has 0 bridgehead atoms. The number of hydrogen-bond acceptors (Lipinski definition) is 10. The number of carbonyl (C=O) groups excluding carboxylic acids is 1. The molecule has 1 heterocycles. The first-order valence-electron chi connectivity index (χ1n) is 14.6. The monoisotopic (exact) mass is 792 g/mol. The maximum Gasteiger partial charge on any atom is 0.345 e. The lowest BCUT2D eigenvalue weighted by Gasteiger charge is -2.12. The molecular formula is C35H28Cl4N2O11. The van der Waals surface area contributed by atoms with Crippen LogP contribution < -0.4 is 14.2 Å². The third-order valence-corrected chi connectivity index (χ3v) is 7.61. The summed E-state index contributed by atoms with van der Waals surface area (Å²) in [6, 6.07) is 20.2. The van der Waals surface area contributed by atoms with Gasteiger partial charge >= 0.3 is 17.9 Å². The van der Waals surface area contributed by atoms with E-state index in [1.165, 1.54) is 25.1 Å². The van der Waals surface area contributed by atoms with Gasteiger partial charge in [-0.3, -0.25) is 15.1 Å². The molecule has 0 spiro atoms. The minimum absolute atomic E-state index is 0.204. The van der Waals surface area contributed by atoms with Crippen LogP contribution in [-0.2, 0) is 14.3 Å². The van der Waals surface area contributed by atoms with Crippen molar-refractivity contribution in [2.75, 3.05) is 13.7 Å². The minimum Gasteiger partial charge on any atom is -0.480 e. The van der Waals surface area contributed by atoms with Crippen LogP contribution >= 0.6 is 46.4 Å². The molecule has 4 aromatic carbocycles. The van der Waals surface area contributed by atoms with Crippen LogP contribution in [0.2, 0.25) is 20.1 Å². The van der Waals surface area contributed by atoms with E-state index in [0.29, 0.717) is 37.8 Å². The van der Waals surface area contributed by atoms with Crippen molar-refractivity contribution >= 4 is 80.9 Å². The number of rotatable bonds is 10. The lowest BCUT2D eigenvalue weighted by molar-refractivity contribution is -0.385. The van der Waals surface area contributed by atoms with Crippen molar-refractivity contribution in [1.29, 1.82) is 0 Å². The smallest absolute Gasteiger partial charge is 0.345 e. The molecule has 5 rings (SSSR count). The second-order valence-electron chi connectivity index (χ2n) is 10.2. The Bertz CT molecular complexity index is 2100. The summed E-state index contributed by atoms with van der Waals surface area (Å²) in [6.07, 6.45) is 0.751. The van der Waals surface area contributed by atoms with Crippen LogP contribution in [0.3, 0.4) is 0 Å². The third-order valence-electron chi connectivity index (χ3n) is 6.51. The molecule has 0 saturated heterocycles. The number of ether oxygens (including phenoxy) is 4. The number of methoxy groups -OCH3 is 1. The van der Waals surface area contributed by atoms with Crippen LogP contribution in [-0.4, -0.2) is 57.8 Å². The van der Waals surface area contributed by atoms with Gasteiger partial charge in [0.25, 0.3) is 5.69 Å². The number of aliphatic carboxylic acids is 2. The molecule has 0 aliphatic heterocycles. The van der Waals surface area contributed by atoms with Gasteiger partial charge in [-0.2, -0.15) is 0 Å². The number of aryl methyl sites for hydroxylation is 1. The summed E-state index contributed by atoms with van der Waals surface area (Å²) >= 11 is 23.5. The maximum atomic E-state index is 11.6. The predicted octanol–water partition coefficient (Wildman–Crippen LogP) is 9.33. The summed E-state index contributed by atoms with van der Waals surface area (Å²) in [6.45, 7) is 2.90. The van der Waals surface area contributed by atoms with Crippen LogP contribution in [0.25, 0.3) is 10.9 Å². The number of halogens is 4. The fraction of sp³-hybridized carbons (Fsp3) is 0.143. The molecule has 1 aromatic heterocycles. The normalized spacial score (nSPS) is 10.8. The van der Waals surface area contributed by atoms with E-state index in [9.17, 15) is 24.5 Å². The standard InChI is InChI=1S/C14H9Cl2NO5.C11H8ClNO3.C10H11ClO3/c1-21-14(18)10-7-9(3-4-12(10)17(19)20)22-13-5-2-8(15)6-11(13)16;12-8-3-4-9(16-6-10(14)15)11-7(8)2-1-5-13-11;1-6-5-8(11)3-4-9(6)14-7(2)10(12)13/h2-7H,1H3;1-5H,6H2,(H,14,15);3-5,7H,1-2H3,(H,12,13). The molecular weight excluding hydrogens is 766 g/mol. The molecule has 13 nitrogen and oxygen atoms in total. The molecule has 2 N–H and O–H groups in total. The quantitative estimate of drug-likeness (QED) is 0.0777. The average Bonchev–Trinajstić information content (AvgIpc) is 3.10. The van der Waals surface area contributed by atoms with E-state index in [1.54, 1.807) is 60.8 Å². The molecule has 52 heavy (non-hydrogen) atoms. The van der Waals surface area contributed by atoms with Crippen LogP contribution in [0.15, 0.2) is 85.1 Å². The highest BCUT2D eigenvalue weighted by Gasteiger charge is 2.22. The maximum absolute atomic E-state index is 11.6. The van der Waals surface area contributed by atoms with Gasteiger partial charge in [0, 0.05) is 33.8 Å². The third kappa shape index (κ3) is 11.9. The molecule has 272 valence electrons. The zero-order chi connectivity index (χ0) is 38.5. The topological polar surface area (TPSA) is 185 Å². The number of nitro benzene ring substituents is 1. The van der Waals surface area contributed by atoms with Gasteiger partial charge in [-0.1, -0.05) is 46.4 Å². The Morgan fingerprint density at radius 3 is 2.12 bits per heavy atom. The van der Waals surface area contributed by atoms with Gasteiger partial charge in [-0.05, 0) is 86.1 Å². The highest BCUT2D eigenvalue weighted by molar-refractivity contribution is 6.36. The van der Waals surface area contributed by atoms with E-state index >= 15 is 0 Å². The van der Waals surface area contributed by atoms with Gasteiger partial charge in [-0.25, -0.2) is 14.4 Å². The fourth-order valence-electron chi connectivity index (χ4n) is 4.05. The van der Waals surface area contributed by atoms with E-state index in [1.807, 2.05) is 6.92 Å². The molecule has 0 aliphatic carbocycles. The molecule has 0 radical (unpaired) electrons. The Kier molecular flexibility index (Phi) is 15.3. The molecule has 17 heteroatoms. The number of pyridine rings is 1. The Hall–Kier alpha value is -5.34. The van der Waals surface area contributed by atoms with E-state index < -0.39 is 35.5 Å². The zero-order valence-corrected chi connectivity index (χ0v) is 30.4. The van der Waals surface area contributed by atoms with Crippen LogP contribution in [0.4, 0.5) is 5.69 Å². The summed E-state index contributed by atoms with van der Waals surface area (Å²) in [5.41, 5.74) is 0.804. The van der Waals surface area contributed by atoms with Crippen LogP contribution in [0.5, 0.6) is 23.0 Å². The van der Waals surface area contributed by atoms with Gasteiger partial charge in [-0.15, -0.1) is 0 Å². The summed E-state index contributed by atoms with van der Waals surface area (Å²) in [4.78, 5) is 46.9. The predicted molar refractivity (Wildman–Crippen MR) is 195 cm³/mol. The van der Waals surface area contributed by atoms with Crippen molar-refractivity contribution in [3.8, 4) is 23.0 Å². The molecule has 1 atom stereocenters. The molecule has 0 aliphatic rings. The molecule has 1 unspecified atom stereocenters. The summed E-state index contributed by atoms with van der Waals surface area (Å²) in [5, 5.41) is 30.7.